The molecule has 0 radical (unpaired) electrons. The van der Waals surface area contributed by atoms with Gasteiger partial charge in [0.05, 0.1) is 17.8 Å². The standard InChI is InChI=1S/C18H12ClFN2O3S/c1-25-15-7-6-10(9-12(15)19)8-11-16(23)21-18(26)22(17(11)24)14-5-3-2-4-13(14)20/h2-9H,1H3,(H,21,23,26)/b11-8+. The maximum Gasteiger partial charge on any atom is 0.270 e. The zero-order valence-corrected chi connectivity index (χ0v) is 15.0. The molecule has 1 saturated heterocycles. The number of halogens is 2. The molecule has 1 N–H and O–H groups in total. The lowest BCUT2D eigenvalue weighted by Gasteiger charge is -2.29. The van der Waals surface area contributed by atoms with Gasteiger partial charge in [-0.1, -0.05) is 29.8 Å². The highest BCUT2D eigenvalue weighted by Crippen LogP contribution is 2.28. The SMILES string of the molecule is COc1ccc(/C=C2\C(=O)NC(=S)N(c3ccccc3F)C2=O)cc1Cl. The van der Waals surface area contributed by atoms with Crippen LogP contribution in [0.5, 0.6) is 5.75 Å². The van der Waals surface area contributed by atoms with Crippen LogP contribution < -0.4 is 15.0 Å². The number of anilines is 1. The molecule has 0 unspecified atom stereocenters. The smallest absolute Gasteiger partial charge is 0.270 e. The number of hydrogen-bond donors (Lipinski definition) is 1. The number of amides is 2. The van der Waals surface area contributed by atoms with Crippen LogP contribution in [0.1, 0.15) is 5.56 Å². The Morgan fingerprint density at radius 3 is 2.62 bits per heavy atom. The van der Waals surface area contributed by atoms with Crippen LogP contribution in [-0.4, -0.2) is 24.0 Å². The van der Waals surface area contributed by atoms with E-state index in [4.69, 9.17) is 28.6 Å². The predicted octanol–water partition coefficient (Wildman–Crippen LogP) is 3.32. The number of ether oxygens (including phenoxy) is 1. The van der Waals surface area contributed by atoms with Crippen LogP contribution in [-0.2, 0) is 9.59 Å². The second kappa shape index (κ2) is 7.23. The first-order valence-corrected chi connectivity index (χ1v) is 8.20. The van der Waals surface area contributed by atoms with Crippen molar-refractivity contribution in [1.82, 2.24) is 5.32 Å². The molecule has 0 aliphatic carbocycles. The average molecular weight is 391 g/mol. The maximum atomic E-state index is 14.1. The van der Waals surface area contributed by atoms with Gasteiger partial charge >= 0.3 is 0 Å². The number of nitrogens with one attached hydrogen (secondary N) is 1. The number of rotatable bonds is 3. The fraction of sp³-hybridized carbons (Fsp3) is 0.0556. The molecular formula is C18H12ClFN2O3S. The van der Waals surface area contributed by atoms with Gasteiger partial charge in [-0.2, -0.15) is 0 Å². The third-order valence-electron chi connectivity index (χ3n) is 3.68. The van der Waals surface area contributed by atoms with Gasteiger partial charge in [0.25, 0.3) is 11.8 Å². The zero-order valence-electron chi connectivity index (χ0n) is 13.5. The number of carbonyl (C=O) groups is 2. The Morgan fingerprint density at radius 2 is 1.96 bits per heavy atom. The molecule has 2 aromatic rings. The van der Waals surface area contributed by atoms with E-state index < -0.39 is 17.6 Å². The summed E-state index contributed by atoms with van der Waals surface area (Å²) in [6, 6.07) is 10.5. The fourth-order valence-electron chi connectivity index (χ4n) is 2.45. The van der Waals surface area contributed by atoms with E-state index in [1.807, 2.05) is 0 Å². The first-order chi connectivity index (χ1) is 12.4. The molecule has 2 aromatic carbocycles. The second-order valence-corrected chi connectivity index (χ2v) is 6.10. The molecule has 1 fully saturated rings. The molecule has 0 bridgehead atoms. The summed E-state index contributed by atoms with van der Waals surface area (Å²) in [6.07, 6.45) is 1.36. The summed E-state index contributed by atoms with van der Waals surface area (Å²) < 4.78 is 19.2. The number of para-hydroxylation sites is 1. The Hall–Kier alpha value is -2.77. The summed E-state index contributed by atoms with van der Waals surface area (Å²) in [6.45, 7) is 0. The molecule has 1 heterocycles. The Labute approximate surface area is 159 Å². The van der Waals surface area contributed by atoms with Gasteiger partial charge in [0.15, 0.2) is 5.11 Å². The van der Waals surface area contributed by atoms with Crippen molar-refractivity contribution in [3.63, 3.8) is 0 Å². The number of benzene rings is 2. The molecule has 1 aliphatic rings. The lowest BCUT2D eigenvalue weighted by molar-refractivity contribution is -0.122. The predicted molar refractivity (Wildman–Crippen MR) is 101 cm³/mol. The molecule has 132 valence electrons. The van der Waals surface area contributed by atoms with E-state index in [2.05, 4.69) is 5.32 Å². The van der Waals surface area contributed by atoms with E-state index in [0.717, 1.165) is 4.90 Å². The van der Waals surface area contributed by atoms with E-state index in [9.17, 15) is 14.0 Å². The van der Waals surface area contributed by atoms with Gasteiger partial charge < -0.3 is 4.74 Å². The molecule has 0 saturated carbocycles. The van der Waals surface area contributed by atoms with Crippen molar-refractivity contribution in [1.29, 1.82) is 0 Å². The zero-order chi connectivity index (χ0) is 18.8. The van der Waals surface area contributed by atoms with Crippen molar-refractivity contribution in [2.24, 2.45) is 0 Å². The quantitative estimate of drug-likeness (QED) is 0.496. The monoisotopic (exact) mass is 390 g/mol. The minimum Gasteiger partial charge on any atom is -0.495 e. The summed E-state index contributed by atoms with van der Waals surface area (Å²) in [5.74, 6) is -1.57. The van der Waals surface area contributed by atoms with Crippen LogP contribution in [0.4, 0.5) is 10.1 Å². The van der Waals surface area contributed by atoms with Gasteiger partial charge in [0.2, 0.25) is 0 Å². The minimum absolute atomic E-state index is 0.0406. The molecule has 3 rings (SSSR count). The van der Waals surface area contributed by atoms with Gasteiger partial charge in [-0.25, -0.2) is 9.29 Å². The summed E-state index contributed by atoms with van der Waals surface area (Å²) in [7, 11) is 1.48. The van der Waals surface area contributed by atoms with Crippen LogP contribution in [0.2, 0.25) is 5.02 Å². The van der Waals surface area contributed by atoms with E-state index in [1.165, 1.54) is 31.4 Å². The van der Waals surface area contributed by atoms with Gasteiger partial charge in [0.1, 0.15) is 17.1 Å². The molecule has 2 amide bonds. The molecule has 5 nitrogen and oxygen atoms in total. The maximum absolute atomic E-state index is 14.1. The third kappa shape index (κ3) is 3.31. The van der Waals surface area contributed by atoms with E-state index in [1.54, 1.807) is 24.3 Å². The lowest BCUT2D eigenvalue weighted by atomic mass is 10.1. The Bertz CT molecular complexity index is 961. The molecule has 0 atom stereocenters. The fourth-order valence-corrected chi connectivity index (χ4v) is 2.99. The van der Waals surface area contributed by atoms with Crippen LogP contribution in [0.3, 0.4) is 0 Å². The molecule has 8 heteroatoms. The highest BCUT2D eigenvalue weighted by Gasteiger charge is 2.35. The summed E-state index contributed by atoms with van der Waals surface area (Å²) >= 11 is 11.1. The van der Waals surface area contributed by atoms with Crippen molar-refractivity contribution in [2.75, 3.05) is 12.0 Å². The highest BCUT2D eigenvalue weighted by molar-refractivity contribution is 7.80. The van der Waals surface area contributed by atoms with Crippen LogP contribution >= 0.6 is 23.8 Å². The Kier molecular flexibility index (Phi) is 5.01. The Balaban J connectivity index is 2.03. The average Bonchev–Trinajstić information content (AvgIpc) is 2.60. The van der Waals surface area contributed by atoms with Crippen molar-refractivity contribution in [2.45, 2.75) is 0 Å². The molecule has 26 heavy (non-hydrogen) atoms. The van der Waals surface area contributed by atoms with Gasteiger partial charge in [0, 0.05) is 0 Å². The second-order valence-electron chi connectivity index (χ2n) is 5.30. The van der Waals surface area contributed by atoms with Gasteiger partial charge in [-0.3, -0.25) is 14.9 Å². The summed E-state index contributed by atoms with van der Waals surface area (Å²) in [5.41, 5.74) is 0.278. The summed E-state index contributed by atoms with van der Waals surface area (Å²) in [5, 5.41) is 2.54. The number of hydrogen-bond acceptors (Lipinski definition) is 4. The number of thiocarbonyl (C=S) groups is 1. The molecule has 1 aliphatic heterocycles. The Morgan fingerprint density at radius 1 is 1.23 bits per heavy atom. The molecule has 0 spiro atoms. The largest absolute Gasteiger partial charge is 0.495 e. The molecule has 0 aromatic heterocycles. The summed E-state index contributed by atoms with van der Waals surface area (Å²) in [4.78, 5) is 26.0. The molecular weight excluding hydrogens is 379 g/mol. The van der Waals surface area contributed by atoms with Crippen molar-refractivity contribution >= 4 is 52.5 Å². The van der Waals surface area contributed by atoms with Crippen molar-refractivity contribution < 1.29 is 18.7 Å². The lowest BCUT2D eigenvalue weighted by Crippen LogP contribution is -2.54. The first-order valence-electron chi connectivity index (χ1n) is 7.42. The number of methoxy groups -OCH3 is 1. The van der Waals surface area contributed by atoms with Gasteiger partial charge in [-0.05, 0) is 48.1 Å². The van der Waals surface area contributed by atoms with Gasteiger partial charge in [-0.15, -0.1) is 0 Å². The highest BCUT2D eigenvalue weighted by atomic mass is 35.5. The van der Waals surface area contributed by atoms with Crippen molar-refractivity contribution in [3.05, 3.63) is 64.4 Å². The van der Waals surface area contributed by atoms with Crippen LogP contribution in [0, 0.1) is 5.82 Å². The normalized spacial score (nSPS) is 16.0. The van der Waals surface area contributed by atoms with Crippen LogP contribution in [0.25, 0.3) is 6.08 Å². The van der Waals surface area contributed by atoms with E-state index in [0.29, 0.717) is 16.3 Å². The van der Waals surface area contributed by atoms with Crippen LogP contribution in [0.15, 0.2) is 48.0 Å². The third-order valence-corrected chi connectivity index (χ3v) is 4.26. The van der Waals surface area contributed by atoms with E-state index in [-0.39, 0.29) is 16.4 Å². The first kappa shape index (κ1) is 18.0. The minimum atomic E-state index is -0.726. The van der Waals surface area contributed by atoms with E-state index >= 15 is 0 Å². The van der Waals surface area contributed by atoms with Crippen molar-refractivity contribution in [3.8, 4) is 5.75 Å². The number of nitrogens with zero attached hydrogens (tertiary/aromatic N) is 1. The topological polar surface area (TPSA) is 58.6 Å². The number of carbonyl (C=O) groups excluding carboxylic acids is 2.